The largest absolute Gasteiger partial charge is 0.457 e. The standard InChI is InChI=1S/C21H25NO3/c1-21(2,3)25-20(23)22-16-8-7-9-17-12-14-19(15-13-17)24-18-10-5-4-6-11-18/h4-7,9-15H,8,16H2,1-3H3,(H,22,23). The summed E-state index contributed by atoms with van der Waals surface area (Å²) in [6, 6.07) is 17.5. The van der Waals surface area contributed by atoms with E-state index in [4.69, 9.17) is 9.47 Å². The van der Waals surface area contributed by atoms with Crippen LogP contribution in [-0.2, 0) is 4.74 Å². The third kappa shape index (κ3) is 7.57. The molecular formula is C21H25NO3. The van der Waals surface area contributed by atoms with Crippen LogP contribution >= 0.6 is 0 Å². The predicted molar refractivity (Wildman–Crippen MR) is 101 cm³/mol. The smallest absolute Gasteiger partial charge is 0.407 e. The number of benzene rings is 2. The molecule has 1 N–H and O–H groups in total. The molecule has 0 bridgehead atoms. The summed E-state index contributed by atoms with van der Waals surface area (Å²) in [6.45, 7) is 6.08. The summed E-state index contributed by atoms with van der Waals surface area (Å²) >= 11 is 0. The number of hydrogen-bond donors (Lipinski definition) is 1. The zero-order chi connectivity index (χ0) is 18.1. The highest BCUT2D eigenvalue weighted by Crippen LogP contribution is 2.21. The lowest BCUT2D eigenvalue weighted by molar-refractivity contribution is 0.0529. The van der Waals surface area contributed by atoms with Crippen LogP contribution in [0.25, 0.3) is 6.08 Å². The maximum atomic E-state index is 11.5. The average molecular weight is 339 g/mol. The summed E-state index contributed by atoms with van der Waals surface area (Å²) in [7, 11) is 0. The maximum absolute atomic E-state index is 11.5. The van der Waals surface area contributed by atoms with Crippen molar-refractivity contribution in [2.45, 2.75) is 32.8 Å². The van der Waals surface area contributed by atoms with E-state index in [1.165, 1.54) is 0 Å². The summed E-state index contributed by atoms with van der Waals surface area (Å²) in [5.74, 6) is 1.62. The van der Waals surface area contributed by atoms with Crippen molar-refractivity contribution in [2.24, 2.45) is 0 Å². The molecule has 25 heavy (non-hydrogen) atoms. The van der Waals surface area contributed by atoms with E-state index in [1.54, 1.807) is 0 Å². The van der Waals surface area contributed by atoms with E-state index in [0.717, 1.165) is 23.5 Å². The number of carbonyl (C=O) groups excluding carboxylic acids is 1. The van der Waals surface area contributed by atoms with Gasteiger partial charge in [0.1, 0.15) is 17.1 Å². The van der Waals surface area contributed by atoms with E-state index < -0.39 is 5.60 Å². The van der Waals surface area contributed by atoms with Gasteiger partial charge in [-0.2, -0.15) is 0 Å². The number of rotatable bonds is 6. The Labute approximate surface area is 149 Å². The molecule has 0 atom stereocenters. The Morgan fingerprint density at radius 1 is 1.00 bits per heavy atom. The first-order valence-corrected chi connectivity index (χ1v) is 8.39. The summed E-state index contributed by atoms with van der Waals surface area (Å²) in [5, 5.41) is 2.73. The molecule has 0 aliphatic carbocycles. The quantitative estimate of drug-likeness (QED) is 0.716. The van der Waals surface area contributed by atoms with Gasteiger partial charge in [-0.25, -0.2) is 4.79 Å². The molecule has 0 unspecified atom stereocenters. The number of nitrogens with one attached hydrogen (secondary N) is 1. The van der Waals surface area contributed by atoms with E-state index in [1.807, 2.05) is 87.5 Å². The van der Waals surface area contributed by atoms with Crippen molar-refractivity contribution in [3.05, 3.63) is 66.2 Å². The minimum atomic E-state index is -0.469. The molecule has 0 aliphatic heterocycles. The lowest BCUT2D eigenvalue weighted by atomic mass is 10.2. The molecule has 2 rings (SSSR count). The molecule has 2 aromatic rings. The Morgan fingerprint density at radius 2 is 1.64 bits per heavy atom. The first-order valence-electron chi connectivity index (χ1n) is 8.39. The molecule has 1 amide bonds. The summed E-state index contributed by atoms with van der Waals surface area (Å²) < 4.78 is 10.9. The normalized spacial score (nSPS) is 11.3. The second-order valence-electron chi connectivity index (χ2n) is 6.60. The number of para-hydroxylation sites is 1. The molecule has 0 heterocycles. The molecule has 0 aromatic heterocycles. The van der Waals surface area contributed by atoms with Crippen LogP contribution in [-0.4, -0.2) is 18.2 Å². The van der Waals surface area contributed by atoms with Gasteiger partial charge in [-0.3, -0.25) is 0 Å². The molecule has 0 saturated carbocycles. The van der Waals surface area contributed by atoms with E-state index >= 15 is 0 Å². The summed E-state index contributed by atoms with van der Waals surface area (Å²) in [5.41, 5.74) is 0.612. The van der Waals surface area contributed by atoms with E-state index in [9.17, 15) is 4.79 Å². The number of carbonyl (C=O) groups is 1. The fourth-order valence-electron chi connectivity index (χ4n) is 2.06. The Hall–Kier alpha value is -2.75. The first kappa shape index (κ1) is 18.6. The third-order valence-corrected chi connectivity index (χ3v) is 3.15. The summed E-state index contributed by atoms with van der Waals surface area (Å²) in [4.78, 5) is 11.5. The molecule has 4 nitrogen and oxygen atoms in total. The zero-order valence-electron chi connectivity index (χ0n) is 15.0. The van der Waals surface area contributed by atoms with Gasteiger partial charge in [0.2, 0.25) is 0 Å². The molecule has 4 heteroatoms. The second-order valence-corrected chi connectivity index (χ2v) is 6.60. The van der Waals surface area contributed by atoms with Crippen LogP contribution in [0.5, 0.6) is 11.5 Å². The van der Waals surface area contributed by atoms with Gasteiger partial charge in [-0.05, 0) is 57.0 Å². The van der Waals surface area contributed by atoms with Gasteiger partial charge in [-0.1, -0.05) is 42.5 Å². The van der Waals surface area contributed by atoms with Gasteiger partial charge in [0.15, 0.2) is 0 Å². The average Bonchev–Trinajstić information content (AvgIpc) is 2.55. The lowest BCUT2D eigenvalue weighted by Gasteiger charge is -2.19. The van der Waals surface area contributed by atoms with E-state index in [-0.39, 0.29) is 6.09 Å². The number of amides is 1. The topological polar surface area (TPSA) is 47.6 Å². The third-order valence-electron chi connectivity index (χ3n) is 3.15. The van der Waals surface area contributed by atoms with E-state index in [2.05, 4.69) is 5.32 Å². The maximum Gasteiger partial charge on any atom is 0.407 e. The first-order chi connectivity index (χ1) is 11.9. The summed E-state index contributed by atoms with van der Waals surface area (Å²) in [6.07, 6.45) is 4.39. The van der Waals surface area contributed by atoms with Crippen LogP contribution in [0.2, 0.25) is 0 Å². The fraction of sp³-hybridized carbons (Fsp3) is 0.286. The van der Waals surface area contributed by atoms with Crippen molar-refractivity contribution in [2.75, 3.05) is 6.54 Å². The molecule has 132 valence electrons. The SMILES string of the molecule is CC(C)(C)OC(=O)NCCC=Cc1ccc(Oc2ccccc2)cc1. The Balaban J connectivity index is 1.73. The molecule has 0 fully saturated rings. The Morgan fingerprint density at radius 3 is 2.28 bits per heavy atom. The minimum absolute atomic E-state index is 0.386. The van der Waals surface area contributed by atoms with Crippen molar-refractivity contribution in [3.8, 4) is 11.5 Å². The molecule has 0 radical (unpaired) electrons. The van der Waals surface area contributed by atoms with Crippen molar-refractivity contribution in [3.63, 3.8) is 0 Å². The van der Waals surface area contributed by atoms with Crippen molar-refractivity contribution in [1.82, 2.24) is 5.32 Å². The van der Waals surface area contributed by atoms with Crippen LogP contribution in [0.15, 0.2) is 60.7 Å². The number of ether oxygens (including phenoxy) is 2. The van der Waals surface area contributed by atoms with Crippen molar-refractivity contribution >= 4 is 12.2 Å². The van der Waals surface area contributed by atoms with E-state index in [0.29, 0.717) is 6.54 Å². The van der Waals surface area contributed by atoms with Gasteiger partial charge in [0, 0.05) is 6.54 Å². The lowest BCUT2D eigenvalue weighted by Crippen LogP contribution is -2.32. The van der Waals surface area contributed by atoms with Crippen LogP contribution in [0.1, 0.15) is 32.8 Å². The van der Waals surface area contributed by atoms with Gasteiger partial charge in [0.05, 0.1) is 0 Å². The van der Waals surface area contributed by atoms with Gasteiger partial charge >= 0.3 is 6.09 Å². The molecular weight excluding hydrogens is 314 g/mol. The van der Waals surface area contributed by atoms with Crippen molar-refractivity contribution in [1.29, 1.82) is 0 Å². The predicted octanol–water partition coefficient (Wildman–Crippen LogP) is 5.41. The number of alkyl carbamates (subject to hydrolysis) is 1. The second kappa shape index (κ2) is 8.92. The molecule has 0 saturated heterocycles. The molecule has 0 aliphatic rings. The van der Waals surface area contributed by atoms with Crippen molar-refractivity contribution < 1.29 is 14.3 Å². The fourth-order valence-corrected chi connectivity index (χ4v) is 2.06. The number of hydrogen-bond acceptors (Lipinski definition) is 3. The monoisotopic (exact) mass is 339 g/mol. The Kier molecular flexibility index (Phi) is 6.63. The van der Waals surface area contributed by atoms with Crippen LogP contribution in [0.3, 0.4) is 0 Å². The highest BCUT2D eigenvalue weighted by molar-refractivity contribution is 5.67. The van der Waals surface area contributed by atoms with Crippen LogP contribution in [0.4, 0.5) is 4.79 Å². The highest BCUT2D eigenvalue weighted by Gasteiger charge is 2.15. The van der Waals surface area contributed by atoms with Gasteiger partial charge < -0.3 is 14.8 Å². The van der Waals surface area contributed by atoms with Gasteiger partial charge in [-0.15, -0.1) is 0 Å². The highest BCUT2D eigenvalue weighted by atomic mass is 16.6. The molecule has 2 aromatic carbocycles. The minimum Gasteiger partial charge on any atom is -0.457 e. The van der Waals surface area contributed by atoms with Crippen LogP contribution in [0, 0.1) is 0 Å². The van der Waals surface area contributed by atoms with Gasteiger partial charge in [0.25, 0.3) is 0 Å². The Bertz CT molecular complexity index is 685. The molecule has 0 spiro atoms. The van der Waals surface area contributed by atoms with Crippen LogP contribution < -0.4 is 10.1 Å². The zero-order valence-corrected chi connectivity index (χ0v) is 15.0.